The fourth-order valence-electron chi connectivity index (χ4n) is 3.68. The molecular weight excluding hydrogens is 348 g/mol. The van der Waals surface area contributed by atoms with Crippen molar-refractivity contribution >= 4 is 27.4 Å². The van der Waals surface area contributed by atoms with E-state index in [0.717, 1.165) is 41.7 Å². The van der Waals surface area contributed by atoms with Gasteiger partial charge in [-0.05, 0) is 30.7 Å². The van der Waals surface area contributed by atoms with Gasteiger partial charge in [0.15, 0.2) is 17.6 Å². The summed E-state index contributed by atoms with van der Waals surface area (Å²) in [5.41, 5.74) is 1.40. The molecule has 26 heavy (non-hydrogen) atoms. The molecule has 0 fully saturated rings. The summed E-state index contributed by atoms with van der Waals surface area (Å²) in [5, 5.41) is 4.64. The molecule has 0 amide bonds. The molecule has 6 nitrogen and oxygen atoms in total. The minimum atomic E-state index is -0.0314. The highest BCUT2D eigenvalue weighted by Crippen LogP contribution is 2.37. The topological polar surface area (TPSA) is 59.5 Å². The number of hydrogen-bond acceptors (Lipinski definition) is 7. The summed E-state index contributed by atoms with van der Waals surface area (Å²) in [4.78, 5) is 13.7. The number of thiophene rings is 1. The average Bonchev–Trinajstić information content (AvgIpc) is 3.06. The fraction of sp³-hybridized carbons (Fsp3) is 0.368. The van der Waals surface area contributed by atoms with E-state index < -0.39 is 0 Å². The largest absolute Gasteiger partial charge is 0.486 e. The van der Waals surface area contributed by atoms with E-state index in [0.29, 0.717) is 13.2 Å². The second kappa shape index (κ2) is 6.41. The summed E-state index contributed by atoms with van der Waals surface area (Å²) in [7, 11) is 2.07. The number of anilines is 1. The lowest BCUT2D eigenvalue weighted by molar-refractivity contribution is 0.0960. The number of nitrogens with zero attached hydrogens (tertiary/aromatic N) is 3. The number of nitrogens with one attached hydrogen (secondary N) is 1. The number of ether oxygens (including phenoxy) is 2. The number of fused-ring (bicyclic) bond motifs is 4. The Balaban J connectivity index is 1.42. The van der Waals surface area contributed by atoms with E-state index in [9.17, 15) is 0 Å². The molecule has 2 aromatic heterocycles. The van der Waals surface area contributed by atoms with Crippen LogP contribution in [0.15, 0.2) is 30.6 Å². The molecule has 2 aliphatic rings. The predicted molar refractivity (Wildman–Crippen MR) is 102 cm³/mol. The Morgan fingerprint density at radius 3 is 3.08 bits per heavy atom. The van der Waals surface area contributed by atoms with Gasteiger partial charge in [0.1, 0.15) is 23.6 Å². The Morgan fingerprint density at radius 2 is 2.15 bits per heavy atom. The highest BCUT2D eigenvalue weighted by molar-refractivity contribution is 7.19. The second-order valence-electron chi connectivity index (χ2n) is 6.69. The van der Waals surface area contributed by atoms with Crippen LogP contribution in [0.1, 0.15) is 10.4 Å². The van der Waals surface area contributed by atoms with E-state index >= 15 is 0 Å². The SMILES string of the molecule is CN(C[C@@H]1COc2ccccc2O1)c1ncnc2sc3c(c12)CCNC3. The van der Waals surface area contributed by atoms with Crippen molar-refractivity contribution in [2.75, 3.05) is 31.6 Å². The zero-order chi connectivity index (χ0) is 17.5. The van der Waals surface area contributed by atoms with Crippen molar-refractivity contribution in [3.05, 3.63) is 41.0 Å². The molecule has 7 heteroatoms. The maximum absolute atomic E-state index is 6.11. The lowest BCUT2D eigenvalue weighted by Gasteiger charge is -2.30. The molecule has 3 aromatic rings. The van der Waals surface area contributed by atoms with Crippen LogP contribution in [0.2, 0.25) is 0 Å². The number of likely N-dealkylation sites (N-methyl/N-ethyl adjacent to an activating group) is 1. The number of aromatic nitrogens is 2. The van der Waals surface area contributed by atoms with Gasteiger partial charge < -0.3 is 19.7 Å². The summed E-state index contributed by atoms with van der Waals surface area (Å²) in [6.45, 7) is 3.19. The zero-order valence-electron chi connectivity index (χ0n) is 14.6. The summed E-state index contributed by atoms with van der Waals surface area (Å²) >= 11 is 1.77. The Bertz CT molecular complexity index is 958. The number of para-hydroxylation sites is 2. The summed E-state index contributed by atoms with van der Waals surface area (Å²) in [6, 6.07) is 7.82. The predicted octanol–water partition coefficient (Wildman–Crippen LogP) is 2.61. The molecule has 0 radical (unpaired) electrons. The molecule has 4 heterocycles. The van der Waals surface area contributed by atoms with Crippen molar-refractivity contribution < 1.29 is 9.47 Å². The quantitative estimate of drug-likeness (QED) is 0.767. The number of rotatable bonds is 3. The molecule has 1 N–H and O–H groups in total. The highest BCUT2D eigenvalue weighted by Gasteiger charge is 2.25. The molecule has 0 aliphatic carbocycles. The third-order valence-electron chi connectivity index (χ3n) is 4.89. The van der Waals surface area contributed by atoms with Crippen molar-refractivity contribution in [1.29, 1.82) is 0 Å². The third kappa shape index (κ3) is 2.68. The normalized spacial score (nSPS) is 18.6. The van der Waals surface area contributed by atoms with Crippen LogP contribution < -0.4 is 19.7 Å². The maximum Gasteiger partial charge on any atom is 0.161 e. The average molecular weight is 368 g/mol. The summed E-state index contributed by atoms with van der Waals surface area (Å²) < 4.78 is 12.0. The molecule has 5 rings (SSSR count). The van der Waals surface area contributed by atoms with Crippen LogP contribution in [0.3, 0.4) is 0 Å². The van der Waals surface area contributed by atoms with Crippen LogP contribution in [0.25, 0.3) is 10.2 Å². The molecule has 0 saturated heterocycles. The lowest BCUT2D eigenvalue weighted by Crippen LogP contribution is -2.39. The van der Waals surface area contributed by atoms with E-state index in [4.69, 9.17) is 9.47 Å². The third-order valence-corrected chi connectivity index (χ3v) is 6.03. The van der Waals surface area contributed by atoms with Crippen molar-refractivity contribution in [1.82, 2.24) is 15.3 Å². The van der Waals surface area contributed by atoms with Gasteiger partial charge in [-0.2, -0.15) is 0 Å². The number of benzene rings is 1. The molecule has 134 valence electrons. The standard InChI is InChI=1S/C19H20N4O2S/c1-23(9-12-10-24-14-4-2-3-5-15(14)25-12)18-17-13-6-7-20-8-16(13)26-19(17)22-11-21-18/h2-5,11-12,20H,6-10H2,1H3/t12-/m1/s1. The maximum atomic E-state index is 6.11. The minimum Gasteiger partial charge on any atom is -0.486 e. The van der Waals surface area contributed by atoms with Crippen molar-refractivity contribution in [3.63, 3.8) is 0 Å². The van der Waals surface area contributed by atoms with Gasteiger partial charge in [0, 0.05) is 18.5 Å². The van der Waals surface area contributed by atoms with Gasteiger partial charge >= 0.3 is 0 Å². The number of hydrogen-bond donors (Lipinski definition) is 1. The van der Waals surface area contributed by atoms with Gasteiger partial charge in [0.05, 0.1) is 11.9 Å². The summed E-state index contributed by atoms with van der Waals surface area (Å²) in [6.07, 6.45) is 2.66. The zero-order valence-corrected chi connectivity index (χ0v) is 15.4. The molecule has 0 unspecified atom stereocenters. The van der Waals surface area contributed by atoms with E-state index in [2.05, 4.69) is 27.2 Å². The van der Waals surface area contributed by atoms with Gasteiger partial charge in [-0.1, -0.05) is 12.1 Å². The van der Waals surface area contributed by atoms with Crippen LogP contribution >= 0.6 is 11.3 Å². The van der Waals surface area contributed by atoms with Gasteiger partial charge in [-0.15, -0.1) is 11.3 Å². The monoisotopic (exact) mass is 368 g/mol. The Hall–Kier alpha value is -2.38. The van der Waals surface area contributed by atoms with E-state index in [1.54, 1.807) is 17.7 Å². The molecule has 0 saturated carbocycles. The van der Waals surface area contributed by atoms with Crippen LogP contribution in [-0.2, 0) is 13.0 Å². The van der Waals surface area contributed by atoms with Gasteiger partial charge in [0.25, 0.3) is 0 Å². The van der Waals surface area contributed by atoms with Crippen molar-refractivity contribution in [2.24, 2.45) is 0 Å². The molecule has 1 aromatic carbocycles. The highest BCUT2D eigenvalue weighted by atomic mass is 32.1. The first-order chi connectivity index (χ1) is 12.8. The molecule has 1 atom stereocenters. The first-order valence-electron chi connectivity index (χ1n) is 8.85. The Labute approximate surface area is 155 Å². The second-order valence-corrected chi connectivity index (χ2v) is 7.77. The van der Waals surface area contributed by atoms with Gasteiger partial charge in [-0.3, -0.25) is 0 Å². The van der Waals surface area contributed by atoms with E-state index in [1.165, 1.54) is 15.8 Å². The smallest absolute Gasteiger partial charge is 0.161 e. The first-order valence-corrected chi connectivity index (χ1v) is 9.67. The van der Waals surface area contributed by atoms with Crippen LogP contribution in [0, 0.1) is 0 Å². The molecule has 0 spiro atoms. The Morgan fingerprint density at radius 1 is 1.27 bits per heavy atom. The van der Waals surface area contributed by atoms with E-state index in [1.807, 2.05) is 24.3 Å². The molecule has 2 aliphatic heterocycles. The Kier molecular flexibility index (Phi) is 3.90. The van der Waals surface area contributed by atoms with Crippen LogP contribution in [-0.4, -0.2) is 42.8 Å². The summed E-state index contributed by atoms with van der Waals surface area (Å²) in [5.74, 6) is 2.61. The van der Waals surface area contributed by atoms with Crippen molar-refractivity contribution in [2.45, 2.75) is 19.1 Å². The lowest BCUT2D eigenvalue weighted by atomic mass is 10.1. The van der Waals surface area contributed by atoms with Gasteiger partial charge in [0.2, 0.25) is 0 Å². The van der Waals surface area contributed by atoms with Crippen molar-refractivity contribution in [3.8, 4) is 11.5 Å². The molecule has 0 bridgehead atoms. The van der Waals surface area contributed by atoms with Crippen LogP contribution in [0.4, 0.5) is 5.82 Å². The van der Waals surface area contributed by atoms with Gasteiger partial charge in [-0.25, -0.2) is 9.97 Å². The molecular formula is C19H20N4O2S. The van der Waals surface area contributed by atoms with Crippen LogP contribution in [0.5, 0.6) is 11.5 Å². The fourth-order valence-corrected chi connectivity index (χ4v) is 4.83. The minimum absolute atomic E-state index is 0.0314. The van der Waals surface area contributed by atoms with E-state index in [-0.39, 0.29) is 6.10 Å². The first kappa shape index (κ1) is 15.8.